The first-order chi connectivity index (χ1) is 16.6. The number of amides is 1. The van der Waals surface area contributed by atoms with Gasteiger partial charge in [0, 0.05) is 36.4 Å². The molecular weight excluding hydrogens is 465 g/mol. The third-order valence-corrected chi connectivity index (χ3v) is 6.49. The number of hydrogen-bond acceptors (Lipinski definition) is 4. The third kappa shape index (κ3) is 6.44. The largest absolute Gasteiger partial charge is 0.587 e. The van der Waals surface area contributed by atoms with Crippen LogP contribution in [0.2, 0.25) is 0 Å². The molecule has 4 rings (SSSR count). The molecule has 0 spiro atoms. The molecule has 2 aromatic heterocycles. The van der Waals surface area contributed by atoms with Gasteiger partial charge in [-0.1, -0.05) is 24.0 Å². The molecule has 6 nitrogen and oxygen atoms in total. The predicted molar refractivity (Wildman–Crippen MR) is 133 cm³/mol. The SMILES string of the molecule is CN(Cc1cc(-c2ccccc2F)n([S+]([O-])c2cncc(C#CC3CC3)c2)c1)C(=O)OC(C)(C)C. The molecule has 1 amide bonds. The van der Waals surface area contributed by atoms with Crippen molar-refractivity contribution in [2.45, 2.75) is 50.7 Å². The lowest BCUT2D eigenvalue weighted by Gasteiger charge is -2.24. The Balaban J connectivity index is 1.67. The lowest BCUT2D eigenvalue weighted by molar-refractivity contribution is 0.0285. The van der Waals surface area contributed by atoms with Crippen LogP contribution in [0.25, 0.3) is 11.3 Å². The van der Waals surface area contributed by atoms with Crippen molar-refractivity contribution in [1.82, 2.24) is 13.9 Å². The molecule has 0 bridgehead atoms. The summed E-state index contributed by atoms with van der Waals surface area (Å²) in [5.41, 5.74) is 1.49. The Morgan fingerprint density at radius 3 is 2.71 bits per heavy atom. The molecule has 182 valence electrons. The van der Waals surface area contributed by atoms with Gasteiger partial charge in [-0.2, -0.15) is 3.97 Å². The van der Waals surface area contributed by atoms with E-state index in [2.05, 4.69) is 16.8 Å². The standard InChI is InChI=1S/C27H28FN3O3S/c1-27(2,3)34-26(32)30(4)17-21-14-25(23-7-5-6-8-24(23)28)31(18-21)35(33)22-13-20(15-29-16-22)12-11-19-9-10-19/h5-8,13-16,18-19H,9-10,17H2,1-4H3. The zero-order chi connectivity index (χ0) is 25.2. The second-order valence-electron chi connectivity index (χ2n) is 9.58. The van der Waals surface area contributed by atoms with Crippen molar-refractivity contribution in [3.8, 4) is 23.1 Å². The molecule has 35 heavy (non-hydrogen) atoms. The number of benzene rings is 1. The number of rotatable bonds is 5. The second kappa shape index (κ2) is 10.1. The number of nitrogens with zero attached hydrogens (tertiary/aromatic N) is 3. The summed E-state index contributed by atoms with van der Waals surface area (Å²) in [5, 5.41) is 0. The zero-order valence-corrected chi connectivity index (χ0v) is 21.1. The van der Waals surface area contributed by atoms with E-state index < -0.39 is 28.9 Å². The van der Waals surface area contributed by atoms with Crippen LogP contribution in [0.15, 0.2) is 59.9 Å². The molecule has 1 saturated carbocycles. The van der Waals surface area contributed by atoms with Gasteiger partial charge in [-0.05, 0) is 57.4 Å². The first-order valence-corrected chi connectivity index (χ1v) is 12.5. The lowest BCUT2D eigenvalue weighted by atomic mass is 10.1. The smallest absolute Gasteiger partial charge is 0.410 e. The third-order valence-electron chi connectivity index (χ3n) is 5.21. The Morgan fingerprint density at radius 2 is 2.03 bits per heavy atom. The summed E-state index contributed by atoms with van der Waals surface area (Å²) in [5.74, 6) is 6.28. The lowest BCUT2D eigenvalue weighted by Crippen LogP contribution is -2.33. The monoisotopic (exact) mass is 493 g/mol. The van der Waals surface area contributed by atoms with Crippen molar-refractivity contribution in [2.75, 3.05) is 7.05 Å². The van der Waals surface area contributed by atoms with Crippen molar-refractivity contribution in [3.05, 3.63) is 71.9 Å². The van der Waals surface area contributed by atoms with Gasteiger partial charge >= 0.3 is 6.09 Å². The number of hydrogen-bond donors (Lipinski definition) is 0. The number of carbonyl (C=O) groups excluding carboxylic acids is 1. The Morgan fingerprint density at radius 1 is 1.29 bits per heavy atom. The molecule has 1 atom stereocenters. The van der Waals surface area contributed by atoms with E-state index in [1.807, 2.05) is 0 Å². The van der Waals surface area contributed by atoms with Gasteiger partial charge in [0.2, 0.25) is 0 Å². The number of halogens is 1. The van der Waals surface area contributed by atoms with Crippen LogP contribution in [0.4, 0.5) is 9.18 Å². The van der Waals surface area contributed by atoms with E-state index in [1.54, 1.807) is 70.5 Å². The minimum absolute atomic E-state index is 0.200. The van der Waals surface area contributed by atoms with Crippen molar-refractivity contribution in [2.24, 2.45) is 5.92 Å². The van der Waals surface area contributed by atoms with Crippen molar-refractivity contribution < 1.29 is 18.5 Å². The van der Waals surface area contributed by atoms with E-state index in [4.69, 9.17) is 4.74 Å². The molecule has 2 heterocycles. The maximum atomic E-state index is 14.7. The van der Waals surface area contributed by atoms with E-state index >= 15 is 0 Å². The molecule has 1 unspecified atom stereocenters. The highest BCUT2D eigenvalue weighted by Crippen LogP contribution is 2.30. The van der Waals surface area contributed by atoms with E-state index in [-0.39, 0.29) is 6.54 Å². The summed E-state index contributed by atoms with van der Waals surface area (Å²) in [6.45, 7) is 5.59. The maximum absolute atomic E-state index is 14.7. The van der Waals surface area contributed by atoms with Gasteiger partial charge in [-0.15, -0.1) is 0 Å². The Kier molecular flexibility index (Phi) is 7.20. The van der Waals surface area contributed by atoms with E-state index in [0.717, 1.165) is 12.8 Å². The summed E-state index contributed by atoms with van der Waals surface area (Å²) < 4.78 is 35.3. The summed E-state index contributed by atoms with van der Waals surface area (Å²) in [6, 6.07) is 9.80. The molecule has 8 heteroatoms. The molecule has 1 aliphatic carbocycles. The summed E-state index contributed by atoms with van der Waals surface area (Å²) >= 11 is -1.71. The highest BCUT2D eigenvalue weighted by molar-refractivity contribution is 7.90. The van der Waals surface area contributed by atoms with Crippen LogP contribution >= 0.6 is 0 Å². The van der Waals surface area contributed by atoms with Crippen LogP contribution in [0, 0.1) is 23.6 Å². The van der Waals surface area contributed by atoms with Gasteiger partial charge in [-0.3, -0.25) is 4.98 Å². The summed E-state index contributed by atoms with van der Waals surface area (Å²) in [7, 11) is 1.62. The first-order valence-electron chi connectivity index (χ1n) is 11.4. The average Bonchev–Trinajstić information content (AvgIpc) is 3.55. The van der Waals surface area contributed by atoms with Crippen LogP contribution < -0.4 is 0 Å². The fraction of sp³-hybridized carbons (Fsp3) is 0.333. The van der Waals surface area contributed by atoms with E-state index in [1.165, 1.54) is 21.1 Å². The first kappa shape index (κ1) is 24.8. The predicted octanol–water partition coefficient (Wildman–Crippen LogP) is 5.39. The Hall–Kier alpha value is -3.28. The molecule has 1 aromatic carbocycles. The fourth-order valence-electron chi connectivity index (χ4n) is 3.37. The number of carbonyl (C=O) groups is 1. The van der Waals surface area contributed by atoms with Gasteiger partial charge in [-0.25, -0.2) is 9.18 Å². The van der Waals surface area contributed by atoms with Crippen LogP contribution in [0.1, 0.15) is 44.7 Å². The quantitative estimate of drug-likeness (QED) is 0.353. The highest BCUT2D eigenvalue weighted by atomic mass is 32.2. The van der Waals surface area contributed by atoms with Crippen molar-refractivity contribution in [3.63, 3.8) is 0 Å². The minimum atomic E-state index is -1.71. The molecule has 0 saturated heterocycles. The van der Waals surface area contributed by atoms with Crippen LogP contribution in [-0.4, -0.2) is 37.2 Å². The van der Waals surface area contributed by atoms with Gasteiger partial charge in [0.1, 0.15) is 28.5 Å². The highest BCUT2D eigenvalue weighted by Gasteiger charge is 2.25. The van der Waals surface area contributed by atoms with Crippen LogP contribution in [0.3, 0.4) is 0 Å². The molecule has 0 aliphatic heterocycles. The average molecular weight is 494 g/mol. The summed E-state index contributed by atoms with van der Waals surface area (Å²) in [6.07, 6.45) is 6.58. The van der Waals surface area contributed by atoms with Gasteiger partial charge in [0.25, 0.3) is 0 Å². The fourth-order valence-corrected chi connectivity index (χ4v) is 4.54. The molecule has 1 fully saturated rings. The molecule has 3 aromatic rings. The van der Waals surface area contributed by atoms with Crippen LogP contribution in [-0.2, 0) is 22.6 Å². The Bertz CT molecular complexity index is 1280. The number of aromatic nitrogens is 2. The van der Waals surface area contributed by atoms with Crippen LogP contribution in [0.5, 0.6) is 0 Å². The van der Waals surface area contributed by atoms with Crippen molar-refractivity contribution in [1.29, 1.82) is 0 Å². The van der Waals surface area contributed by atoms with E-state index in [9.17, 15) is 13.7 Å². The second-order valence-corrected chi connectivity index (χ2v) is 10.9. The maximum Gasteiger partial charge on any atom is 0.410 e. The topological polar surface area (TPSA) is 70.4 Å². The molecule has 0 N–H and O–H groups in total. The number of pyridine rings is 1. The molecule has 1 aliphatic rings. The van der Waals surface area contributed by atoms with Gasteiger partial charge in [0.15, 0.2) is 4.90 Å². The Labute approximate surface area is 208 Å². The van der Waals surface area contributed by atoms with Crippen molar-refractivity contribution >= 4 is 17.5 Å². The molecular formula is C27H28FN3O3S. The zero-order valence-electron chi connectivity index (χ0n) is 20.2. The number of ether oxygens (including phenoxy) is 1. The minimum Gasteiger partial charge on any atom is -0.587 e. The summed E-state index contributed by atoms with van der Waals surface area (Å²) in [4.78, 5) is 18.5. The molecule has 0 radical (unpaired) electrons. The van der Waals surface area contributed by atoms with Gasteiger partial charge in [0.05, 0.1) is 18.9 Å². The normalized spacial score (nSPS) is 14.1. The van der Waals surface area contributed by atoms with Gasteiger partial charge < -0.3 is 14.2 Å². The van der Waals surface area contributed by atoms with E-state index in [0.29, 0.717) is 33.2 Å².